The highest BCUT2D eigenvalue weighted by molar-refractivity contribution is 5.50. The molecule has 1 aliphatic carbocycles. The smallest absolute Gasteiger partial charge is 0.189 e. The first kappa shape index (κ1) is 10.9. The molecule has 0 radical (unpaired) electrons. The first-order valence-corrected chi connectivity index (χ1v) is 5.83. The van der Waals surface area contributed by atoms with E-state index >= 15 is 0 Å². The predicted molar refractivity (Wildman–Crippen MR) is 61.2 cm³/mol. The fourth-order valence-electron chi connectivity index (χ4n) is 2.23. The van der Waals surface area contributed by atoms with Crippen LogP contribution in [0.25, 0.3) is 0 Å². The molecule has 1 aromatic rings. The number of hydrogen-bond donors (Lipinski definition) is 1. The van der Waals surface area contributed by atoms with Crippen molar-refractivity contribution in [3.05, 3.63) is 23.3 Å². The molecule has 0 aromatic heterocycles. The van der Waals surface area contributed by atoms with E-state index in [0.29, 0.717) is 19.8 Å². The second-order valence-electron chi connectivity index (χ2n) is 4.73. The molecule has 1 aliphatic heterocycles. The Hall–Kier alpha value is -1.26. The van der Waals surface area contributed by atoms with Crippen LogP contribution in [-0.2, 0) is 17.8 Å². The normalized spacial score (nSPS) is 20.4. The Labute approximate surface area is 100 Å². The Morgan fingerprint density at radius 1 is 1.41 bits per heavy atom. The standard InChI is InChI=1S/C13H16O4/c1-15-11-2-3-12-10(7-16-8-17-12)9(11)6-13(14)4-5-13/h2-3,14H,4-8H2,1H3. The lowest BCUT2D eigenvalue weighted by molar-refractivity contribution is -0.0173. The molecule has 1 fully saturated rings. The molecule has 0 atom stereocenters. The molecule has 92 valence electrons. The van der Waals surface area contributed by atoms with E-state index in [9.17, 15) is 5.11 Å². The second-order valence-corrected chi connectivity index (χ2v) is 4.73. The molecule has 0 saturated heterocycles. The largest absolute Gasteiger partial charge is 0.496 e. The maximum atomic E-state index is 10.1. The van der Waals surface area contributed by atoms with Crippen LogP contribution < -0.4 is 9.47 Å². The van der Waals surface area contributed by atoms with Crippen LogP contribution in [0.2, 0.25) is 0 Å². The van der Waals surface area contributed by atoms with Crippen molar-refractivity contribution in [1.29, 1.82) is 0 Å². The number of ether oxygens (including phenoxy) is 3. The summed E-state index contributed by atoms with van der Waals surface area (Å²) in [4.78, 5) is 0. The van der Waals surface area contributed by atoms with Crippen LogP contribution in [0, 0.1) is 0 Å². The second kappa shape index (κ2) is 3.89. The summed E-state index contributed by atoms with van der Waals surface area (Å²) >= 11 is 0. The van der Waals surface area contributed by atoms with Crippen molar-refractivity contribution in [2.45, 2.75) is 31.5 Å². The molecule has 0 unspecified atom stereocenters. The van der Waals surface area contributed by atoms with Gasteiger partial charge < -0.3 is 19.3 Å². The SMILES string of the molecule is COc1ccc2c(c1CC1(O)CC1)COCO2. The molecule has 1 heterocycles. The van der Waals surface area contributed by atoms with Crippen molar-refractivity contribution >= 4 is 0 Å². The van der Waals surface area contributed by atoms with Crippen molar-refractivity contribution < 1.29 is 19.3 Å². The first-order chi connectivity index (χ1) is 8.22. The van der Waals surface area contributed by atoms with E-state index in [1.807, 2.05) is 12.1 Å². The van der Waals surface area contributed by atoms with Crippen LogP contribution >= 0.6 is 0 Å². The lowest BCUT2D eigenvalue weighted by Crippen LogP contribution is -2.18. The van der Waals surface area contributed by atoms with Gasteiger partial charge in [0.15, 0.2) is 6.79 Å². The zero-order valence-corrected chi connectivity index (χ0v) is 9.86. The van der Waals surface area contributed by atoms with Crippen molar-refractivity contribution in [3.63, 3.8) is 0 Å². The van der Waals surface area contributed by atoms with Gasteiger partial charge in [0.05, 0.1) is 19.3 Å². The summed E-state index contributed by atoms with van der Waals surface area (Å²) in [6.07, 6.45) is 2.34. The van der Waals surface area contributed by atoms with Gasteiger partial charge in [-0.05, 0) is 25.0 Å². The van der Waals surface area contributed by atoms with Crippen LogP contribution in [0.3, 0.4) is 0 Å². The molecular formula is C13H16O4. The van der Waals surface area contributed by atoms with Gasteiger partial charge in [0.25, 0.3) is 0 Å². The van der Waals surface area contributed by atoms with Crippen molar-refractivity contribution in [3.8, 4) is 11.5 Å². The van der Waals surface area contributed by atoms with Gasteiger partial charge >= 0.3 is 0 Å². The van der Waals surface area contributed by atoms with E-state index in [-0.39, 0.29) is 0 Å². The minimum Gasteiger partial charge on any atom is -0.496 e. The minimum absolute atomic E-state index is 0.295. The van der Waals surface area contributed by atoms with Gasteiger partial charge in [-0.2, -0.15) is 0 Å². The molecule has 2 aliphatic rings. The molecule has 0 bridgehead atoms. The highest BCUT2D eigenvalue weighted by atomic mass is 16.7. The first-order valence-electron chi connectivity index (χ1n) is 5.83. The van der Waals surface area contributed by atoms with Gasteiger partial charge in [0.2, 0.25) is 0 Å². The number of methoxy groups -OCH3 is 1. The monoisotopic (exact) mass is 236 g/mol. The van der Waals surface area contributed by atoms with Crippen LogP contribution in [0.4, 0.5) is 0 Å². The van der Waals surface area contributed by atoms with E-state index in [2.05, 4.69) is 0 Å². The molecule has 17 heavy (non-hydrogen) atoms. The van der Waals surface area contributed by atoms with Gasteiger partial charge in [-0.1, -0.05) is 0 Å². The number of hydrogen-bond acceptors (Lipinski definition) is 4. The topological polar surface area (TPSA) is 47.9 Å². The van der Waals surface area contributed by atoms with E-state index in [1.165, 1.54) is 0 Å². The van der Waals surface area contributed by atoms with E-state index in [4.69, 9.17) is 14.2 Å². The van der Waals surface area contributed by atoms with Gasteiger partial charge in [-0.15, -0.1) is 0 Å². The van der Waals surface area contributed by atoms with Gasteiger partial charge in [-0.3, -0.25) is 0 Å². The average molecular weight is 236 g/mol. The van der Waals surface area contributed by atoms with Crippen molar-refractivity contribution in [1.82, 2.24) is 0 Å². The van der Waals surface area contributed by atoms with Crippen LogP contribution in [0.15, 0.2) is 12.1 Å². The molecule has 4 nitrogen and oxygen atoms in total. The summed E-state index contributed by atoms with van der Waals surface area (Å²) in [7, 11) is 1.65. The Morgan fingerprint density at radius 3 is 2.94 bits per heavy atom. The number of benzene rings is 1. The summed E-state index contributed by atoms with van der Waals surface area (Å²) in [5.74, 6) is 1.65. The third kappa shape index (κ3) is 1.98. The maximum absolute atomic E-state index is 10.1. The zero-order chi connectivity index (χ0) is 11.9. The maximum Gasteiger partial charge on any atom is 0.189 e. The fourth-order valence-corrected chi connectivity index (χ4v) is 2.23. The minimum atomic E-state index is -0.542. The van der Waals surface area contributed by atoms with Crippen LogP contribution in [0.5, 0.6) is 11.5 Å². The highest BCUT2D eigenvalue weighted by Gasteiger charge is 2.41. The zero-order valence-electron chi connectivity index (χ0n) is 9.86. The number of aliphatic hydroxyl groups is 1. The van der Waals surface area contributed by atoms with Gasteiger partial charge in [-0.25, -0.2) is 0 Å². The molecule has 1 aromatic carbocycles. The van der Waals surface area contributed by atoms with Crippen LogP contribution in [-0.4, -0.2) is 24.6 Å². The Balaban J connectivity index is 2.01. The van der Waals surface area contributed by atoms with Crippen molar-refractivity contribution in [2.75, 3.05) is 13.9 Å². The molecule has 4 heteroatoms. The van der Waals surface area contributed by atoms with E-state index in [0.717, 1.165) is 35.5 Å². The van der Waals surface area contributed by atoms with Crippen molar-refractivity contribution in [2.24, 2.45) is 0 Å². The molecule has 0 amide bonds. The third-order valence-corrected chi connectivity index (χ3v) is 3.44. The highest BCUT2D eigenvalue weighted by Crippen LogP contribution is 2.43. The Morgan fingerprint density at radius 2 is 2.24 bits per heavy atom. The summed E-state index contributed by atoms with van der Waals surface area (Å²) in [6.45, 7) is 0.820. The molecule has 1 saturated carbocycles. The molecule has 0 spiro atoms. The van der Waals surface area contributed by atoms with E-state index < -0.39 is 5.60 Å². The number of fused-ring (bicyclic) bond motifs is 1. The quantitative estimate of drug-likeness (QED) is 0.866. The number of rotatable bonds is 3. The molecule has 1 N–H and O–H groups in total. The lowest BCUT2D eigenvalue weighted by atomic mass is 9.98. The Kier molecular flexibility index (Phi) is 2.49. The van der Waals surface area contributed by atoms with E-state index in [1.54, 1.807) is 7.11 Å². The Bertz CT molecular complexity index is 437. The lowest BCUT2D eigenvalue weighted by Gasteiger charge is -2.23. The van der Waals surface area contributed by atoms with Gasteiger partial charge in [0.1, 0.15) is 11.5 Å². The predicted octanol–water partition coefficient (Wildman–Crippen LogP) is 1.63. The fraction of sp³-hybridized carbons (Fsp3) is 0.538. The molecule has 3 rings (SSSR count). The summed E-state index contributed by atoms with van der Waals surface area (Å²) in [6, 6.07) is 3.79. The van der Waals surface area contributed by atoms with Crippen LogP contribution in [0.1, 0.15) is 24.0 Å². The summed E-state index contributed by atoms with van der Waals surface area (Å²) < 4.78 is 16.1. The average Bonchev–Trinajstić information content (AvgIpc) is 3.08. The van der Waals surface area contributed by atoms with Gasteiger partial charge in [0, 0.05) is 17.5 Å². The summed E-state index contributed by atoms with van der Waals surface area (Å²) in [5.41, 5.74) is 1.49. The molecular weight excluding hydrogens is 220 g/mol. The summed E-state index contributed by atoms with van der Waals surface area (Å²) in [5, 5.41) is 10.1. The third-order valence-electron chi connectivity index (χ3n) is 3.44.